The zero-order chi connectivity index (χ0) is 17.5. The molecule has 0 amide bonds. The molecule has 6 nitrogen and oxygen atoms in total. The molecule has 126 valence electrons. The van der Waals surface area contributed by atoms with Gasteiger partial charge in [-0.15, -0.1) is 0 Å². The van der Waals surface area contributed by atoms with E-state index in [1.54, 1.807) is 14.0 Å². The highest BCUT2D eigenvalue weighted by atomic mass is 79.9. The molecule has 0 atom stereocenters. The number of hydrogen-bond acceptors (Lipinski definition) is 6. The van der Waals surface area contributed by atoms with Crippen LogP contribution in [0.4, 0.5) is 5.82 Å². The van der Waals surface area contributed by atoms with Crippen molar-refractivity contribution in [1.82, 2.24) is 9.97 Å². The summed E-state index contributed by atoms with van der Waals surface area (Å²) in [6.45, 7) is 2.21. The highest BCUT2D eigenvalue weighted by molar-refractivity contribution is 9.10. The molecule has 0 spiro atoms. The lowest BCUT2D eigenvalue weighted by molar-refractivity contribution is -0.114. The Morgan fingerprint density at radius 2 is 2.08 bits per heavy atom. The number of halogens is 1. The Morgan fingerprint density at radius 3 is 2.71 bits per heavy atom. The van der Waals surface area contributed by atoms with Crippen LogP contribution in [-0.4, -0.2) is 28.0 Å². The van der Waals surface area contributed by atoms with Crippen molar-refractivity contribution in [2.75, 3.05) is 12.4 Å². The molecule has 0 saturated heterocycles. The summed E-state index contributed by atoms with van der Waals surface area (Å²) < 4.78 is 5.59. The van der Waals surface area contributed by atoms with Gasteiger partial charge in [-0.25, -0.2) is 9.97 Å². The summed E-state index contributed by atoms with van der Waals surface area (Å²) in [4.78, 5) is 19.9. The lowest BCUT2D eigenvalue weighted by Crippen LogP contribution is -2.07. The van der Waals surface area contributed by atoms with Crippen molar-refractivity contribution in [3.8, 4) is 5.75 Å². The number of nitrogens with one attached hydrogen (secondary N) is 1. The maximum Gasteiger partial charge on any atom is 0.159 e. The molecule has 0 aliphatic heterocycles. The van der Waals surface area contributed by atoms with Gasteiger partial charge in [0.25, 0.3) is 0 Å². The van der Waals surface area contributed by atoms with E-state index in [-0.39, 0.29) is 17.2 Å². The van der Waals surface area contributed by atoms with Crippen molar-refractivity contribution in [3.63, 3.8) is 0 Å². The van der Waals surface area contributed by atoms with Crippen molar-refractivity contribution in [2.45, 2.75) is 19.9 Å². The maximum atomic E-state index is 11.5. The van der Waals surface area contributed by atoms with Crippen LogP contribution in [0.5, 0.6) is 5.75 Å². The largest absolute Gasteiger partial charge is 0.505 e. The number of ketones is 1. The van der Waals surface area contributed by atoms with Gasteiger partial charge in [0.1, 0.15) is 21.8 Å². The minimum Gasteiger partial charge on any atom is -0.505 e. The number of nitrogens with zero attached hydrogens (tertiary/aromatic N) is 2. The summed E-state index contributed by atoms with van der Waals surface area (Å²) in [5.41, 5.74) is 1.24. The highest BCUT2D eigenvalue weighted by Gasteiger charge is 2.12. The molecule has 0 aliphatic rings. The molecule has 7 heteroatoms. The summed E-state index contributed by atoms with van der Waals surface area (Å²) in [6, 6.07) is 7.58. The molecule has 0 radical (unpaired) electrons. The first kappa shape index (κ1) is 17.9. The van der Waals surface area contributed by atoms with Gasteiger partial charge < -0.3 is 15.2 Å². The van der Waals surface area contributed by atoms with Crippen LogP contribution in [0.2, 0.25) is 0 Å². The van der Waals surface area contributed by atoms with Crippen molar-refractivity contribution >= 4 is 33.3 Å². The second-order valence-electron chi connectivity index (χ2n) is 4.94. The molecule has 0 fully saturated rings. The zero-order valence-corrected chi connectivity index (χ0v) is 15.0. The first-order valence-electron chi connectivity index (χ1n) is 7.36. The fourth-order valence-electron chi connectivity index (χ4n) is 1.93. The number of hydrogen-bond donors (Lipinski definition) is 2. The second-order valence-corrected chi connectivity index (χ2v) is 5.75. The number of aromatic nitrogens is 2. The van der Waals surface area contributed by atoms with Crippen LogP contribution in [0.25, 0.3) is 5.76 Å². The standard InChI is InChI=1S/C17H18BrN3O3/c1-3-12(22)8-14(23)16-17(20-10-15(18)21-16)19-9-11-4-6-13(24-2)7-5-11/h4-8,10,23H,3,9H2,1-2H3,(H,19,20). The van der Waals surface area contributed by atoms with E-state index in [0.29, 0.717) is 23.4 Å². The van der Waals surface area contributed by atoms with E-state index in [4.69, 9.17) is 4.74 Å². The van der Waals surface area contributed by atoms with Crippen molar-refractivity contribution in [3.05, 3.63) is 52.4 Å². The fraction of sp³-hybridized carbons (Fsp3) is 0.235. The minimum atomic E-state index is -0.215. The first-order chi connectivity index (χ1) is 11.5. The van der Waals surface area contributed by atoms with E-state index in [0.717, 1.165) is 17.4 Å². The summed E-state index contributed by atoms with van der Waals surface area (Å²) in [5, 5.41) is 13.3. The number of carbonyl (C=O) groups is 1. The molecular weight excluding hydrogens is 374 g/mol. The van der Waals surface area contributed by atoms with Crippen molar-refractivity contribution in [1.29, 1.82) is 0 Å². The van der Waals surface area contributed by atoms with Gasteiger partial charge in [-0.1, -0.05) is 19.1 Å². The minimum absolute atomic E-state index is 0.185. The Hall–Kier alpha value is -2.41. The van der Waals surface area contributed by atoms with Gasteiger partial charge in [0.2, 0.25) is 0 Å². The molecule has 24 heavy (non-hydrogen) atoms. The Kier molecular flexibility index (Phi) is 6.31. The fourth-order valence-corrected chi connectivity index (χ4v) is 2.21. The van der Waals surface area contributed by atoms with Gasteiger partial charge >= 0.3 is 0 Å². The average Bonchev–Trinajstić information content (AvgIpc) is 2.60. The third kappa shape index (κ3) is 4.79. The molecule has 0 aliphatic carbocycles. The lowest BCUT2D eigenvalue weighted by Gasteiger charge is -2.10. The molecule has 0 saturated carbocycles. The number of aliphatic hydroxyl groups excluding tert-OH is 1. The number of aliphatic hydroxyl groups is 1. The van der Waals surface area contributed by atoms with Crippen LogP contribution >= 0.6 is 15.9 Å². The third-order valence-corrected chi connectivity index (χ3v) is 3.63. The average molecular weight is 392 g/mol. The smallest absolute Gasteiger partial charge is 0.159 e. The zero-order valence-electron chi connectivity index (χ0n) is 13.4. The van der Waals surface area contributed by atoms with Crippen LogP contribution in [0, 0.1) is 0 Å². The summed E-state index contributed by atoms with van der Waals surface area (Å²) in [5.74, 6) is 0.775. The first-order valence-corrected chi connectivity index (χ1v) is 8.16. The van der Waals surface area contributed by atoms with Gasteiger partial charge in [0.05, 0.1) is 13.3 Å². The van der Waals surface area contributed by atoms with Gasteiger partial charge in [0, 0.05) is 19.0 Å². The van der Waals surface area contributed by atoms with Gasteiger partial charge in [-0.2, -0.15) is 0 Å². The maximum absolute atomic E-state index is 11.5. The van der Waals surface area contributed by atoms with Gasteiger partial charge in [-0.05, 0) is 33.6 Å². The molecule has 1 aromatic heterocycles. The third-order valence-electron chi connectivity index (χ3n) is 3.25. The van der Waals surface area contributed by atoms with Crippen LogP contribution in [-0.2, 0) is 11.3 Å². The van der Waals surface area contributed by atoms with Crippen molar-refractivity contribution < 1.29 is 14.6 Å². The van der Waals surface area contributed by atoms with E-state index in [1.165, 1.54) is 6.20 Å². The number of anilines is 1. The lowest BCUT2D eigenvalue weighted by atomic mass is 10.2. The van der Waals surface area contributed by atoms with Crippen LogP contribution in [0.15, 0.2) is 41.1 Å². The number of methoxy groups -OCH3 is 1. The number of rotatable bonds is 7. The van der Waals surface area contributed by atoms with E-state index < -0.39 is 0 Å². The number of ether oxygens (including phenoxy) is 1. The van der Waals surface area contributed by atoms with Crippen LogP contribution in [0.1, 0.15) is 24.6 Å². The molecule has 1 aromatic carbocycles. The molecule has 2 rings (SSSR count). The Bertz CT molecular complexity index is 745. The molecule has 2 N–H and O–H groups in total. The summed E-state index contributed by atoms with van der Waals surface area (Å²) in [7, 11) is 1.61. The van der Waals surface area contributed by atoms with E-state index >= 15 is 0 Å². The monoisotopic (exact) mass is 391 g/mol. The number of benzene rings is 1. The molecular formula is C17H18BrN3O3. The number of carbonyl (C=O) groups excluding carboxylic acids is 1. The van der Waals surface area contributed by atoms with Gasteiger partial charge in [0.15, 0.2) is 11.6 Å². The normalized spacial score (nSPS) is 11.2. The Labute approximate surface area is 148 Å². The van der Waals surface area contributed by atoms with E-state index in [1.807, 2.05) is 24.3 Å². The molecule has 0 bridgehead atoms. The molecule has 0 unspecified atom stereocenters. The topological polar surface area (TPSA) is 84.3 Å². The Morgan fingerprint density at radius 1 is 1.38 bits per heavy atom. The Balaban J connectivity index is 2.20. The second kappa shape index (κ2) is 8.44. The van der Waals surface area contributed by atoms with Crippen LogP contribution in [0.3, 0.4) is 0 Å². The van der Waals surface area contributed by atoms with Gasteiger partial charge in [-0.3, -0.25) is 4.79 Å². The molecule has 2 aromatic rings. The van der Waals surface area contributed by atoms with Crippen molar-refractivity contribution in [2.24, 2.45) is 0 Å². The predicted molar refractivity (Wildman–Crippen MR) is 96.0 cm³/mol. The van der Waals surface area contributed by atoms with E-state index in [2.05, 4.69) is 31.2 Å². The number of allylic oxidation sites excluding steroid dienone is 1. The van der Waals surface area contributed by atoms with Crippen LogP contribution < -0.4 is 10.1 Å². The summed E-state index contributed by atoms with van der Waals surface area (Å²) >= 11 is 3.22. The SMILES string of the molecule is CCC(=O)C=C(O)c1nc(Br)cnc1NCc1ccc(OC)cc1. The quantitative estimate of drug-likeness (QED) is 0.552. The predicted octanol–water partition coefficient (Wildman–Crippen LogP) is 3.74. The summed E-state index contributed by atoms with van der Waals surface area (Å²) in [6.07, 6.45) is 2.99. The van der Waals surface area contributed by atoms with E-state index in [9.17, 15) is 9.90 Å². The molecule has 1 heterocycles. The highest BCUT2D eigenvalue weighted by Crippen LogP contribution is 2.21.